The Bertz CT molecular complexity index is 1150. The molecule has 5 nitrogen and oxygen atoms in total. The lowest BCUT2D eigenvalue weighted by Gasteiger charge is -2.14. The summed E-state index contributed by atoms with van der Waals surface area (Å²) in [4.78, 5) is 28.9. The molecule has 0 spiro atoms. The summed E-state index contributed by atoms with van der Waals surface area (Å²) in [7, 11) is 0. The number of carbonyl (C=O) groups is 1. The van der Waals surface area contributed by atoms with Gasteiger partial charge in [-0.15, -0.1) is 22.9 Å². The second kappa shape index (κ2) is 8.65. The number of carbonyl (C=O) groups excluding carboxylic acids is 1. The molecule has 4 aromatic rings. The van der Waals surface area contributed by atoms with Gasteiger partial charge in [-0.05, 0) is 24.3 Å². The smallest absolute Gasteiger partial charge is 0.326 e. The molecule has 1 atom stereocenters. The van der Waals surface area contributed by atoms with E-state index in [2.05, 4.69) is 4.98 Å². The minimum atomic E-state index is -0.471. The number of esters is 1. The zero-order valence-corrected chi connectivity index (χ0v) is 17.7. The van der Waals surface area contributed by atoms with Crippen LogP contribution < -0.4 is 4.87 Å². The summed E-state index contributed by atoms with van der Waals surface area (Å²) in [5, 5.41) is 0. The van der Waals surface area contributed by atoms with Crippen molar-refractivity contribution in [2.45, 2.75) is 17.0 Å². The molecule has 0 N–H and O–H groups in total. The van der Waals surface area contributed by atoms with Gasteiger partial charge >= 0.3 is 10.8 Å². The summed E-state index contributed by atoms with van der Waals surface area (Å²) in [6.07, 6.45) is -0.452. The van der Waals surface area contributed by atoms with E-state index in [1.165, 1.54) is 16.3 Å². The maximum absolute atomic E-state index is 12.4. The molecule has 0 amide bonds. The molecule has 0 fully saturated rings. The second-order valence-electron chi connectivity index (χ2n) is 5.95. The van der Waals surface area contributed by atoms with Gasteiger partial charge in [0.25, 0.3) is 0 Å². The standard InChI is InChI=1S/C19H15ClN2O3S3/c20-9-12(11-26-18-21-13-5-1-3-7-15(13)27-18)25-17(23)10-22-14-6-2-4-8-16(14)28-19(22)24/h1-8,12H,9-11H2/t12-/m0/s1. The normalized spacial score (nSPS) is 12.5. The van der Waals surface area contributed by atoms with E-state index < -0.39 is 12.1 Å². The van der Waals surface area contributed by atoms with Crippen LogP contribution in [-0.4, -0.2) is 33.3 Å². The van der Waals surface area contributed by atoms with Crippen LogP contribution in [0.3, 0.4) is 0 Å². The fourth-order valence-electron chi connectivity index (χ4n) is 2.70. The predicted octanol–water partition coefficient (Wildman–Crippen LogP) is 4.62. The molecule has 2 aromatic carbocycles. The zero-order chi connectivity index (χ0) is 19.5. The summed E-state index contributed by atoms with van der Waals surface area (Å²) >= 11 is 10.2. The summed E-state index contributed by atoms with van der Waals surface area (Å²) < 4.78 is 9.82. The topological polar surface area (TPSA) is 61.2 Å². The molecule has 0 unspecified atom stereocenters. The van der Waals surface area contributed by atoms with Crippen LogP contribution in [0.2, 0.25) is 0 Å². The van der Waals surface area contributed by atoms with Gasteiger partial charge in [-0.25, -0.2) is 4.98 Å². The van der Waals surface area contributed by atoms with Crippen LogP contribution in [0.15, 0.2) is 57.7 Å². The van der Waals surface area contributed by atoms with Crippen LogP contribution in [-0.2, 0) is 16.1 Å². The SMILES string of the molecule is O=C(Cn1c(=O)sc2ccccc21)O[C@@H](CCl)CSc1nc2ccccc2s1. The van der Waals surface area contributed by atoms with Crippen molar-refractivity contribution in [3.8, 4) is 0 Å². The molecule has 0 aliphatic heterocycles. The molecule has 0 aliphatic carbocycles. The van der Waals surface area contributed by atoms with Gasteiger partial charge in [-0.3, -0.25) is 14.2 Å². The van der Waals surface area contributed by atoms with E-state index in [1.807, 2.05) is 48.5 Å². The van der Waals surface area contributed by atoms with Gasteiger partial charge in [0.1, 0.15) is 12.6 Å². The Morgan fingerprint density at radius 3 is 2.68 bits per heavy atom. The summed E-state index contributed by atoms with van der Waals surface area (Å²) in [6.45, 7) is -0.123. The molecule has 2 aromatic heterocycles. The molecular formula is C19H15ClN2O3S3. The first-order valence-corrected chi connectivity index (χ1v) is 11.6. The molecule has 2 heterocycles. The van der Waals surface area contributed by atoms with Crippen molar-refractivity contribution >= 4 is 72.4 Å². The number of alkyl halides is 1. The van der Waals surface area contributed by atoms with Crippen molar-refractivity contribution in [3.05, 3.63) is 58.2 Å². The lowest BCUT2D eigenvalue weighted by atomic mass is 10.3. The third-order valence-electron chi connectivity index (χ3n) is 4.00. The molecule has 144 valence electrons. The van der Waals surface area contributed by atoms with E-state index in [0.29, 0.717) is 5.75 Å². The Morgan fingerprint density at radius 1 is 1.14 bits per heavy atom. The highest BCUT2D eigenvalue weighted by Gasteiger charge is 2.18. The van der Waals surface area contributed by atoms with Crippen LogP contribution in [0.25, 0.3) is 20.4 Å². The minimum absolute atomic E-state index is 0.123. The Balaban J connectivity index is 1.39. The van der Waals surface area contributed by atoms with Gasteiger partial charge in [0, 0.05) is 5.75 Å². The fourth-order valence-corrected chi connectivity index (χ4v) is 5.98. The number of benzene rings is 2. The number of nitrogens with zero attached hydrogens (tertiary/aromatic N) is 2. The van der Waals surface area contributed by atoms with E-state index in [4.69, 9.17) is 16.3 Å². The number of rotatable bonds is 7. The first kappa shape index (κ1) is 19.4. The summed E-state index contributed by atoms with van der Waals surface area (Å²) in [5.41, 5.74) is 1.69. The number of hydrogen-bond acceptors (Lipinski definition) is 7. The van der Waals surface area contributed by atoms with Gasteiger partial charge in [0.15, 0.2) is 4.34 Å². The zero-order valence-electron chi connectivity index (χ0n) is 14.5. The minimum Gasteiger partial charge on any atom is -0.459 e. The first-order chi connectivity index (χ1) is 13.6. The Morgan fingerprint density at radius 2 is 1.89 bits per heavy atom. The average molecular weight is 451 g/mol. The van der Waals surface area contributed by atoms with Gasteiger partial charge in [0.2, 0.25) is 0 Å². The molecule has 0 saturated carbocycles. The Labute approximate surface area is 177 Å². The molecular weight excluding hydrogens is 436 g/mol. The lowest BCUT2D eigenvalue weighted by Crippen LogP contribution is -2.27. The van der Waals surface area contributed by atoms with Gasteiger partial charge in [-0.1, -0.05) is 47.4 Å². The van der Waals surface area contributed by atoms with Crippen LogP contribution in [0.4, 0.5) is 0 Å². The van der Waals surface area contributed by atoms with E-state index in [0.717, 1.165) is 36.1 Å². The largest absolute Gasteiger partial charge is 0.459 e. The summed E-state index contributed by atoms with van der Waals surface area (Å²) in [6, 6.07) is 15.3. The number of fused-ring (bicyclic) bond motifs is 2. The van der Waals surface area contributed by atoms with Crippen molar-refractivity contribution in [3.63, 3.8) is 0 Å². The molecule has 0 saturated heterocycles. The molecule has 4 rings (SSSR count). The second-order valence-corrected chi connectivity index (χ2v) is 9.55. The number of aromatic nitrogens is 2. The van der Waals surface area contributed by atoms with E-state index >= 15 is 0 Å². The fraction of sp³-hybridized carbons (Fsp3) is 0.211. The third-order valence-corrected chi connectivity index (χ3v) is 7.61. The van der Waals surface area contributed by atoms with Crippen molar-refractivity contribution in [1.29, 1.82) is 0 Å². The number of halogens is 1. The maximum Gasteiger partial charge on any atom is 0.326 e. The van der Waals surface area contributed by atoms with Gasteiger partial charge in [0.05, 0.1) is 26.3 Å². The number of hydrogen-bond donors (Lipinski definition) is 0. The Kier molecular flexibility index (Phi) is 6.01. The molecule has 28 heavy (non-hydrogen) atoms. The lowest BCUT2D eigenvalue weighted by molar-refractivity contribution is -0.147. The number of ether oxygens (including phenoxy) is 1. The van der Waals surface area contributed by atoms with Crippen molar-refractivity contribution in [1.82, 2.24) is 9.55 Å². The van der Waals surface area contributed by atoms with Crippen LogP contribution in [0.5, 0.6) is 0 Å². The van der Waals surface area contributed by atoms with E-state index in [1.54, 1.807) is 11.3 Å². The average Bonchev–Trinajstić information content (AvgIpc) is 3.25. The van der Waals surface area contributed by atoms with Crippen molar-refractivity contribution in [2.24, 2.45) is 0 Å². The predicted molar refractivity (Wildman–Crippen MR) is 117 cm³/mol. The van der Waals surface area contributed by atoms with Gasteiger partial charge in [-0.2, -0.15) is 0 Å². The highest BCUT2D eigenvalue weighted by atomic mass is 35.5. The summed E-state index contributed by atoms with van der Waals surface area (Å²) in [5.74, 6) is 0.221. The van der Waals surface area contributed by atoms with Crippen molar-refractivity contribution in [2.75, 3.05) is 11.6 Å². The highest BCUT2D eigenvalue weighted by Crippen LogP contribution is 2.30. The van der Waals surface area contributed by atoms with Crippen LogP contribution >= 0.6 is 46.0 Å². The number of para-hydroxylation sites is 2. The van der Waals surface area contributed by atoms with E-state index in [-0.39, 0.29) is 17.3 Å². The van der Waals surface area contributed by atoms with Crippen LogP contribution in [0.1, 0.15) is 0 Å². The first-order valence-electron chi connectivity index (χ1n) is 8.46. The van der Waals surface area contributed by atoms with E-state index in [9.17, 15) is 9.59 Å². The number of thiazole rings is 2. The maximum atomic E-state index is 12.4. The van der Waals surface area contributed by atoms with Crippen LogP contribution in [0, 0.1) is 0 Å². The van der Waals surface area contributed by atoms with Crippen molar-refractivity contribution < 1.29 is 9.53 Å². The van der Waals surface area contributed by atoms with Gasteiger partial charge < -0.3 is 4.74 Å². The highest BCUT2D eigenvalue weighted by molar-refractivity contribution is 8.01. The Hall–Kier alpha value is -1.87. The monoisotopic (exact) mass is 450 g/mol. The molecule has 0 radical (unpaired) electrons. The molecule has 9 heteroatoms. The molecule has 0 bridgehead atoms. The molecule has 0 aliphatic rings. The number of thioether (sulfide) groups is 1. The third kappa shape index (κ3) is 4.25. The quantitative estimate of drug-likeness (QED) is 0.233.